The lowest BCUT2D eigenvalue weighted by Gasteiger charge is -1.97. The maximum atomic E-state index is 11.8. The third-order valence-electron chi connectivity index (χ3n) is 2.88. The van der Waals surface area contributed by atoms with Gasteiger partial charge in [-0.2, -0.15) is 0 Å². The molecule has 0 aliphatic heterocycles. The number of carbonyl (C=O) groups excluding carboxylic acids is 1. The molecule has 1 fully saturated rings. The summed E-state index contributed by atoms with van der Waals surface area (Å²) in [5.74, 6) is 1.16. The fourth-order valence-corrected chi connectivity index (χ4v) is 4.21. The van der Waals surface area contributed by atoms with E-state index in [2.05, 4.69) is 15.5 Å². The van der Waals surface area contributed by atoms with Crippen LogP contribution in [0.15, 0.2) is 21.9 Å². The maximum Gasteiger partial charge on any atom is 0.206 e. The van der Waals surface area contributed by atoms with Gasteiger partial charge in [-0.3, -0.25) is 4.79 Å². The summed E-state index contributed by atoms with van der Waals surface area (Å²) in [5, 5.41) is 14.5. The number of hydrogen-bond acceptors (Lipinski definition) is 7. The van der Waals surface area contributed by atoms with Crippen molar-refractivity contribution < 1.29 is 4.79 Å². The Morgan fingerprint density at radius 3 is 3.10 bits per heavy atom. The molecule has 1 aliphatic carbocycles. The largest absolute Gasteiger partial charge is 0.357 e. The van der Waals surface area contributed by atoms with E-state index in [-0.39, 0.29) is 5.78 Å². The summed E-state index contributed by atoms with van der Waals surface area (Å²) in [4.78, 5) is 12.7. The lowest BCUT2D eigenvalue weighted by atomic mass is 10.2. The molecule has 2 aromatic heterocycles. The average molecular weight is 325 g/mol. The minimum Gasteiger partial charge on any atom is -0.357 e. The van der Waals surface area contributed by atoms with Gasteiger partial charge in [-0.1, -0.05) is 29.2 Å². The number of Topliss-reactive ketones (excluding diaryl/α,β-unsaturated/α-hetero) is 1. The molecule has 1 saturated carbocycles. The normalized spacial score (nSPS) is 14.4. The predicted molar refractivity (Wildman–Crippen MR) is 85.2 cm³/mol. The zero-order valence-electron chi connectivity index (χ0n) is 10.9. The van der Waals surface area contributed by atoms with Crippen LogP contribution in [0, 0.1) is 0 Å². The molecule has 1 aliphatic rings. The van der Waals surface area contributed by atoms with Crippen molar-refractivity contribution in [3.63, 3.8) is 0 Å². The number of rotatable bonds is 8. The van der Waals surface area contributed by atoms with E-state index in [0.29, 0.717) is 12.5 Å². The highest BCUT2D eigenvalue weighted by Crippen LogP contribution is 2.30. The second kappa shape index (κ2) is 6.69. The second-order valence-corrected chi connectivity index (χ2v) is 7.91. The Morgan fingerprint density at radius 2 is 2.35 bits per heavy atom. The van der Waals surface area contributed by atoms with E-state index in [4.69, 9.17) is 0 Å². The summed E-state index contributed by atoms with van der Waals surface area (Å²) in [7, 11) is 0. The molecule has 0 aromatic carbocycles. The molecular weight excluding hydrogens is 310 g/mol. The molecule has 0 spiro atoms. The van der Waals surface area contributed by atoms with Crippen LogP contribution in [0.25, 0.3) is 0 Å². The van der Waals surface area contributed by atoms with Gasteiger partial charge >= 0.3 is 0 Å². The predicted octanol–water partition coefficient (Wildman–Crippen LogP) is 3.93. The van der Waals surface area contributed by atoms with Crippen LogP contribution < -0.4 is 5.32 Å². The summed E-state index contributed by atoms with van der Waals surface area (Å²) < 4.78 is 0.983. The van der Waals surface area contributed by atoms with Gasteiger partial charge < -0.3 is 5.32 Å². The minimum absolute atomic E-state index is 0.244. The number of hydrogen-bond donors (Lipinski definition) is 1. The Kier molecular flexibility index (Phi) is 4.69. The molecule has 2 heterocycles. The van der Waals surface area contributed by atoms with E-state index >= 15 is 0 Å². The van der Waals surface area contributed by atoms with Crippen LogP contribution in [-0.4, -0.2) is 27.8 Å². The van der Waals surface area contributed by atoms with Gasteiger partial charge in [0.1, 0.15) is 0 Å². The van der Waals surface area contributed by atoms with Crippen molar-refractivity contribution in [2.24, 2.45) is 0 Å². The van der Waals surface area contributed by atoms with E-state index in [1.807, 2.05) is 17.5 Å². The van der Waals surface area contributed by atoms with E-state index in [0.717, 1.165) is 26.5 Å². The van der Waals surface area contributed by atoms with Crippen molar-refractivity contribution >= 4 is 45.4 Å². The number of anilines is 1. The molecule has 106 valence electrons. The van der Waals surface area contributed by atoms with Crippen molar-refractivity contribution in [3.8, 4) is 0 Å². The van der Waals surface area contributed by atoms with E-state index in [1.165, 1.54) is 24.2 Å². The number of carbonyl (C=O) groups is 1. The van der Waals surface area contributed by atoms with Gasteiger partial charge in [0.15, 0.2) is 10.1 Å². The first-order valence-electron chi connectivity index (χ1n) is 6.61. The summed E-state index contributed by atoms with van der Waals surface area (Å²) in [6, 6.07) is 4.42. The summed E-state index contributed by atoms with van der Waals surface area (Å²) in [6.45, 7) is 0. The van der Waals surface area contributed by atoms with Crippen LogP contribution >= 0.6 is 34.4 Å². The molecule has 4 nitrogen and oxygen atoms in total. The van der Waals surface area contributed by atoms with Crippen LogP contribution in [0.3, 0.4) is 0 Å². The Balaban J connectivity index is 1.36. The van der Waals surface area contributed by atoms with Crippen molar-refractivity contribution in [3.05, 3.63) is 22.4 Å². The number of ketones is 1. The molecule has 0 unspecified atom stereocenters. The average Bonchev–Trinajstić information content (AvgIpc) is 2.95. The summed E-state index contributed by atoms with van der Waals surface area (Å²) in [6.07, 6.45) is 3.98. The zero-order chi connectivity index (χ0) is 13.8. The van der Waals surface area contributed by atoms with Crippen LogP contribution in [0.4, 0.5) is 5.13 Å². The molecule has 2 aromatic rings. The van der Waals surface area contributed by atoms with Gasteiger partial charge in [-0.15, -0.1) is 21.5 Å². The van der Waals surface area contributed by atoms with Crippen LogP contribution in [0.5, 0.6) is 0 Å². The molecular formula is C13H15N3OS3. The smallest absolute Gasteiger partial charge is 0.206 e. The monoisotopic (exact) mass is 325 g/mol. The van der Waals surface area contributed by atoms with E-state index < -0.39 is 0 Å². The van der Waals surface area contributed by atoms with Crippen LogP contribution in [-0.2, 0) is 0 Å². The summed E-state index contributed by atoms with van der Waals surface area (Å²) in [5.41, 5.74) is 0. The fourth-order valence-electron chi connectivity index (χ4n) is 1.68. The standard InChI is InChI=1S/C13H15N3OS3/c17-10(11-4-2-7-18-11)3-1-8-19-13-16-15-12(20-13)14-9-5-6-9/h2,4,7,9H,1,3,5-6,8H2,(H,14,15). The highest BCUT2D eigenvalue weighted by atomic mass is 32.2. The fraction of sp³-hybridized carbons (Fsp3) is 0.462. The highest BCUT2D eigenvalue weighted by Gasteiger charge is 2.22. The Labute approximate surface area is 130 Å². The maximum absolute atomic E-state index is 11.8. The van der Waals surface area contributed by atoms with Gasteiger partial charge in [0.05, 0.1) is 4.88 Å². The number of nitrogens with one attached hydrogen (secondary N) is 1. The topological polar surface area (TPSA) is 54.9 Å². The number of thioether (sulfide) groups is 1. The SMILES string of the molecule is O=C(CCCSc1nnc(NC2CC2)s1)c1cccs1. The van der Waals surface area contributed by atoms with Gasteiger partial charge in [0.25, 0.3) is 0 Å². The Bertz CT molecular complexity index is 563. The third kappa shape index (κ3) is 4.04. The zero-order valence-corrected chi connectivity index (χ0v) is 13.3. The molecule has 3 rings (SSSR count). The first-order chi connectivity index (χ1) is 9.81. The molecule has 0 saturated heterocycles. The molecule has 1 N–H and O–H groups in total. The lowest BCUT2D eigenvalue weighted by Crippen LogP contribution is -1.99. The van der Waals surface area contributed by atoms with Crippen molar-refractivity contribution in [2.75, 3.05) is 11.1 Å². The van der Waals surface area contributed by atoms with Crippen molar-refractivity contribution in [2.45, 2.75) is 36.1 Å². The third-order valence-corrected chi connectivity index (χ3v) is 5.87. The molecule has 0 amide bonds. The van der Waals surface area contributed by atoms with Gasteiger partial charge in [0, 0.05) is 18.2 Å². The Hall–Kier alpha value is -0.920. The first-order valence-corrected chi connectivity index (χ1v) is 9.29. The Morgan fingerprint density at radius 1 is 1.45 bits per heavy atom. The van der Waals surface area contributed by atoms with Gasteiger partial charge in [0.2, 0.25) is 5.13 Å². The second-order valence-electron chi connectivity index (χ2n) is 4.64. The molecule has 0 atom stereocenters. The molecule has 7 heteroatoms. The van der Waals surface area contributed by atoms with Gasteiger partial charge in [-0.05, 0) is 30.7 Å². The highest BCUT2D eigenvalue weighted by molar-refractivity contribution is 8.01. The molecule has 20 heavy (non-hydrogen) atoms. The minimum atomic E-state index is 0.244. The van der Waals surface area contributed by atoms with Gasteiger partial charge in [-0.25, -0.2) is 0 Å². The van der Waals surface area contributed by atoms with Crippen molar-refractivity contribution in [1.82, 2.24) is 10.2 Å². The number of aromatic nitrogens is 2. The quantitative estimate of drug-likeness (QED) is 0.453. The molecule has 0 bridgehead atoms. The van der Waals surface area contributed by atoms with Crippen LogP contribution in [0.1, 0.15) is 35.4 Å². The number of thiophene rings is 1. The summed E-state index contributed by atoms with van der Waals surface area (Å²) >= 11 is 4.80. The van der Waals surface area contributed by atoms with E-state index in [1.54, 1.807) is 23.1 Å². The van der Waals surface area contributed by atoms with E-state index in [9.17, 15) is 4.79 Å². The van der Waals surface area contributed by atoms with Crippen molar-refractivity contribution in [1.29, 1.82) is 0 Å². The first kappa shape index (κ1) is 14.0. The number of nitrogens with zero attached hydrogens (tertiary/aromatic N) is 2. The van der Waals surface area contributed by atoms with Crippen LogP contribution in [0.2, 0.25) is 0 Å². The molecule has 0 radical (unpaired) electrons. The lowest BCUT2D eigenvalue weighted by molar-refractivity contribution is 0.0986.